The van der Waals surface area contributed by atoms with E-state index in [9.17, 15) is 19.2 Å². The summed E-state index contributed by atoms with van der Waals surface area (Å²) in [5, 5.41) is 8.76. The van der Waals surface area contributed by atoms with Crippen molar-refractivity contribution in [2.24, 2.45) is 5.92 Å². The van der Waals surface area contributed by atoms with Crippen molar-refractivity contribution in [3.05, 3.63) is 33.8 Å². The molecule has 2 bridgehead atoms. The highest BCUT2D eigenvalue weighted by Gasteiger charge is 2.48. The Labute approximate surface area is 208 Å². The van der Waals surface area contributed by atoms with E-state index in [-0.39, 0.29) is 23.0 Å². The maximum Gasteiger partial charge on any atom is 0.622 e. The lowest BCUT2D eigenvalue weighted by atomic mass is 9.73. The van der Waals surface area contributed by atoms with Gasteiger partial charge in [-0.2, -0.15) is 0 Å². The molecule has 1 aromatic rings. The first-order valence-corrected chi connectivity index (χ1v) is 11.7. The molecular formula is C21H27BCl2N4O6. The summed E-state index contributed by atoms with van der Waals surface area (Å²) in [7, 11) is 0.377. The summed E-state index contributed by atoms with van der Waals surface area (Å²) in [6.07, 6.45) is 0.370. The zero-order valence-electron chi connectivity index (χ0n) is 19.1. The van der Waals surface area contributed by atoms with Gasteiger partial charge < -0.3 is 25.3 Å². The van der Waals surface area contributed by atoms with Crippen molar-refractivity contribution < 1.29 is 28.5 Å². The first-order valence-electron chi connectivity index (χ1n) is 10.9. The smallest absolute Gasteiger partial charge is 0.497 e. The fraction of sp³-hybridized carbons (Fsp3) is 0.524. The second-order valence-electron chi connectivity index (χ2n) is 8.71. The number of likely N-dealkylation sites (N-methyl/N-ethyl adjacent to an activating group) is 1. The molecule has 13 heteroatoms. The molecule has 3 atom stereocenters. The first-order chi connectivity index (χ1) is 16.1. The predicted molar refractivity (Wildman–Crippen MR) is 126 cm³/mol. The standard InChI is InChI=1S/C21H27BCl2N4O6/c1-11(2)6-17(22-33-20(31)15-8-25-9-16(28(15)3)21(32)34-22)27-18(29)10-26-19(30)13-7-12(23)4-5-14(13)24/h4-5,7,11,15-17,25H,6,8-10H2,1-3H3,(H,26,30)(H,27,29)/t15-,16-,17?/m1/s1. The maximum absolute atomic E-state index is 12.7. The molecule has 2 heterocycles. The molecule has 184 valence electrons. The lowest BCUT2D eigenvalue weighted by Crippen LogP contribution is -2.66. The second kappa shape index (κ2) is 11.4. The molecule has 2 aliphatic heterocycles. The van der Waals surface area contributed by atoms with Gasteiger partial charge in [0.2, 0.25) is 5.91 Å². The van der Waals surface area contributed by atoms with Crippen LogP contribution in [0.5, 0.6) is 0 Å². The number of carbonyl (C=O) groups is 4. The minimum atomic E-state index is -1.29. The molecule has 3 N–H and O–H groups in total. The molecule has 1 aromatic carbocycles. The number of rotatable bonds is 7. The molecule has 2 aliphatic rings. The summed E-state index contributed by atoms with van der Waals surface area (Å²) in [6, 6.07) is 3.13. The summed E-state index contributed by atoms with van der Waals surface area (Å²) < 4.78 is 11.0. The Hall–Kier alpha value is -2.34. The van der Waals surface area contributed by atoms with Gasteiger partial charge in [0.05, 0.1) is 23.1 Å². The number of carbonyl (C=O) groups excluding carboxylic acids is 4. The highest BCUT2D eigenvalue weighted by atomic mass is 35.5. The first kappa shape index (κ1) is 26.3. The molecule has 0 aromatic heterocycles. The predicted octanol–water partition coefficient (Wildman–Crippen LogP) is 0.654. The van der Waals surface area contributed by atoms with Crippen LogP contribution in [-0.2, 0) is 23.7 Å². The summed E-state index contributed by atoms with van der Waals surface area (Å²) in [5.74, 6) is -2.95. The fourth-order valence-corrected chi connectivity index (χ4v) is 4.24. The Balaban J connectivity index is 1.68. The molecule has 2 saturated heterocycles. The average Bonchev–Trinajstić information content (AvgIpc) is 2.77. The SMILES string of the molecule is CC(C)CC(NC(=O)CNC(=O)c1cc(Cl)ccc1Cl)B1OC(=O)[C@H]2CNC[C@H](C(=O)O1)N2C. The van der Waals surface area contributed by atoms with Crippen molar-refractivity contribution >= 4 is 54.1 Å². The quantitative estimate of drug-likeness (QED) is 0.455. The number of hydrogen-bond donors (Lipinski definition) is 3. The topological polar surface area (TPSA) is 126 Å². The van der Waals surface area contributed by atoms with Crippen LogP contribution in [0.2, 0.25) is 10.0 Å². The third-order valence-corrected chi connectivity index (χ3v) is 6.21. The highest BCUT2D eigenvalue weighted by molar-refractivity contribution is 6.51. The maximum atomic E-state index is 12.7. The Kier molecular flexibility index (Phi) is 8.80. The van der Waals surface area contributed by atoms with E-state index < -0.39 is 48.9 Å². The Bertz CT molecular complexity index is 939. The number of fused-ring (bicyclic) bond motifs is 2. The summed E-state index contributed by atoms with van der Waals surface area (Å²) in [4.78, 5) is 52.1. The van der Waals surface area contributed by atoms with Crippen LogP contribution in [0.25, 0.3) is 0 Å². The Morgan fingerprint density at radius 3 is 2.38 bits per heavy atom. The van der Waals surface area contributed by atoms with Crippen molar-refractivity contribution in [1.29, 1.82) is 0 Å². The number of halogens is 2. The molecule has 34 heavy (non-hydrogen) atoms. The molecule has 1 unspecified atom stereocenters. The van der Waals surface area contributed by atoms with Crippen LogP contribution >= 0.6 is 23.2 Å². The van der Waals surface area contributed by atoms with Crippen molar-refractivity contribution in [2.75, 3.05) is 26.7 Å². The number of benzene rings is 1. The van der Waals surface area contributed by atoms with E-state index >= 15 is 0 Å². The summed E-state index contributed by atoms with van der Waals surface area (Å²) in [6.45, 7) is 4.14. The Morgan fingerprint density at radius 2 is 1.79 bits per heavy atom. The number of amides is 2. The molecular weight excluding hydrogens is 486 g/mol. The minimum absolute atomic E-state index is 0.0804. The minimum Gasteiger partial charge on any atom is -0.497 e. The second-order valence-corrected chi connectivity index (χ2v) is 9.55. The molecule has 2 amide bonds. The molecule has 0 radical (unpaired) electrons. The van der Waals surface area contributed by atoms with E-state index in [1.165, 1.54) is 12.1 Å². The highest BCUT2D eigenvalue weighted by Crippen LogP contribution is 2.21. The van der Waals surface area contributed by atoms with Gasteiger partial charge in [-0.25, -0.2) is 0 Å². The van der Waals surface area contributed by atoms with E-state index in [4.69, 9.17) is 32.5 Å². The molecule has 0 spiro atoms. The van der Waals surface area contributed by atoms with E-state index in [0.717, 1.165) is 0 Å². The average molecular weight is 513 g/mol. The van der Waals surface area contributed by atoms with Crippen LogP contribution in [0.1, 0.15) is 30.6 Å². The van der Waals surface area contributed by atoms with E-state index in [1.807, 2.05) is 13.8 Å². The van der Waals surface area contributed by atoms with Crippen LogP contribution in [0.15, 0.2) is 18.2 Å². The summed E-state index contributed by atoms with van der Waals surface area (Å²) >= 11 is 11.9. The fourth-order valence-electron chi connectivity index (χ4n) is 3.87. The van der Waals surface area contributed by atoms with Crippen LogP contribution in [0.4, 0.5) is 0 Å². The lowest BCUT2D eigenvalue weighted by Gasteiger charge is -2.40. The van der Waals surface area contributed by atoms with Crippen molar-refractivity contribution in [3.63, 3.8) is 0 Å². The van der Waals surface area contributed by atoms with Gasteiger partial charge in [-0.15, -0.1) is 0 Å². The van der Waals surface area contributed by atoms with Gasteiger partial charge in [-0.1, -0.05) is 37.0 Å². The molecule has 10 nitrogen and oxygen atoms in total. The Morgan fingerprint density at radius 1 is 1.18 bits per heavy atom. The number of nitrogens with one attached hydrogen (secondary N) is 3. The van der Waals surface area contributed by atoms with E-state index in [0.29, 0.717) is 24.5 Å². The third kappa shape index (κ3) is 6.41. The third-order valence-electron chi connectivity index (χ3n) is 5.65. The normalized spacial score (nSPS) is 21.8. The monoisotopic (exact) mass is 512 g/mol. The lowest BCUT2D eigenvalue weighted by molar-refractivity contribution is -0.156. The van der Waals surface area contributed by atoms with Crippen LogP contribution in [-0.4, -0.2) is 80.5 Å². The number of piperazine rings is 1. The van der Waals surface area contributed by atoms with E-state index in [2.05, 4.69) is 16.0 Å². The largest absolute Gasteiger partial charge is 0.622 e. The molecule has 2 fully saturated rings. The van der Waals surface area contributed by atoms with Crippen molar-refractivity contribution in [3.8, 4) is 0 Å². The molecule has 0 aliphatic carbocycles. The van der Waals surface area contributed by atoms with Gasteiger partial charge >= 0.3 is 19.1 Å². The molecule has 3 rings (SSSR count). The van der Waals surface area contributed by atoms with Gasteiger partial charge in [0.1, 0.15) is 12.1 Å². The van der Waals surface area contributed by atoms with Gasteiger partial charge in [0.15, 0.2) is 0 Å². The van der Waals surface area contributed by atoms with Crippen molar-refractivity contribution in [1.82, 2.24) is 20.9 Å². The van der Waals surface area contributed by atoms with Crippen LogP contribution < -0.4 is 16.0 Å². The van der Waals surface area contributed by atoms with Gasteiger partial charge in [0.25, 0.3) is 5.91 Å². The zero-order chi connectivity index (χ0) is 25.0. The van der Waals surface area contributed by atoms with Crippen LogP contribution in [0.3, 0.4) is 0 Å². The molecule has 0 saturated carbocycles. The van der Waals surface area contributed by atoms with Crippen LogP contribution in [0, 0.1) is 5.92 Å². The number of hydrogen-bond acceptors (Lipinski definition) is 8. The number of nitrogens with zero attached hydrogens (tertiary/aromatic N) is 1. The van der Waals surface area contributed by atoms with Gasteiger partial charge in [-0.3, -0.25) is 24.1 Å². The van der Waals surface area contributed by atoms with Gasteiger partial charge in [-0.05, 0) is 37.6 Å². The van der Waals surface area contributed by atoms with E-state index in [1.54, 1.807) is 18.0 Å². The zero-order valence-corrected chi connectivity index (χ0v) is 20.6. The van der Waals surface area contributed by atoms with Crippen molar-refractivity contribution in [2.45, 2.75) is 38.3 Å². The summed E-state index contributed by atoms with van der Waals surface area (Å²) in [5.41, 5.74) is 0.132. The van der Waals surface area contributed by atoms with Gasteiger partial charge in [0, 0.05) is 18.1 Å².